The molecule has 1 aliphatic carbocycles. The number of rotatable bonds is 5. The number of halogens is 2. The average molecular weight is 285 g/mol. The summed E-state index contributed by atoms with van der Waals surface area (Å²) in [5.41, 5.74) is 0.311. The van der Waals surface area contributed by atoms with Gasteiger partial charge >= 0.3 is 6.61 Å². The fourth-order valence-electron chi connectivity index (χ4n) is 2.35. The fraction of sp³-hybridized carbons (Fsp3) is 0.500. The van der Waals surface area contributed by atoms with Gasteiger partial charge in [0, 0.05) is 19.2 Å². The minimum absolute atomic E-state index is 0.0293. The second kappa shape index (κ2) is 6.17. The van der Waals surface area contributed by atoms with E-state index in [0.29, 0.717) is 30.9 Å². The molecule has 6 heteroatoms. The van der Waals surface area contributed by atoms with Crippen LogP contribution in [0.3, 0.4) is 0 Å². The van der Waals surface area contributed by atoms with Gasteiger partial charge in [-0.25, -0.2) is 0 Å². The molecule has 0 radical (unpaired) electrons. The lowest BCUT2D eigenvalue weighted by atomic mass is 9.82. The minimum atomic E-state index is -2.91. The van der Waals surface area contributed by atoms with Gasteiger partial charge in [-0.05, 0) is 37.0 Å². The summed E-state index contributed by atoms with van der Waals surface area (Å²) in [5, 5.41) is 9.22. The third kappa shape index (κ3) is 3.66. The summed E-state index contributed by atoms with van der Waals surface area (Å²) in [5.74, 6) is 0.0314. The summed E-state index contributed by atoms with van der Waals surface area (Å²) >= 11 is 0. The zero-order chi connectivity index (χ0) is 14.7. The highest BCUT2D eigenvalue weighted by Gasteiger charge is 2.29. The number of hydrogen-bond donors (Lipinski definition) is 1. The minimum Gasteiger partial charge on any atom is -0.435 e. The average Bonchev–Trinajstić information content (AvgIpc) is 2.35. The summed E-state index contributed by atoms with van der Waals surface area (Å²) < 4.78 is 28.5. The van der Waals surface area contributed by atoms with E-state index < -0.39 is 6.61 Å². The Balaban J connectivity index is 1.97. The Morgan fingerprint density at radius 1 is 1.50 bits per heavy atom. The van der Waals surface area contributed by atoms with Gasteiger partial charge in [-0.1, -0.05) is 6.07 Å². The van der Waals surface area contributed by atoms with E-state index in [1.165, 1.54) is 23.1 Å². The second-order valence-electron chi connectivity index (χ2n) is 5.08. The highest BCUT2D eigenvalue weighted by atomic mass is 19.3. The molecule has 1 amide bonds. The van der Waals surface area contributed by atoms with Crippen LogP contribution in [0.15, 0.2) is 24.3 Å². The molecule has 0 unspecified atom stereocenters. The van der Waals surface area contributed by atoms with Crippen LogP contribution in [0.2, 0.25) is 0 Å². The molecule has 0 spiro atoms. The number of benzene rings is 1. The molecule has 20 heavy (non-hydrogen) atoms. The largest absolute Gasteiger partial charge is 0.435 e. The van der Waals surface area contributed by atoms with E-state index in [0.717, 1.165) is 0 Å². The first kappa shape index (κ1) is 14.7. The zero-order valence-electron chi connectivity index (χ0n) is 11.1. The molecule has 0 bridgehead atoms. The van der Waals surface area contributed by atoms with Gasteiger partial charge in [0.1, 0.15) is 5.75 Å². The van der Waals surface area contributed by atoms with Crippen LogP contribution in [0.5, 0.6) is 5.75 Å². The number of aliphatic hydroxyl groups excluding tert-OH is 1. The van der Waals surface area contributed by atoms with Crippen LogP contribution >= 0.6 is 0 Å². The van der Waals surface area contributed by atoms with E-state index in [-0.39, 0.29) is 17.8 Å². The molecular weight excluding hydrogens is 268 g/mol. The highest BCUT2D eigenvalue weighted by Crippen LogP contribution is 2.28. The number of carbonyl (C=O) groups is 1. The van der Waals surface area contributed by atoms with Crippen molar-refractivity contribution in [3.8, 4) is 5.75 Å². The quantitative estimate of drug-likeness (QED) is 0.901. The number of aliphatic hydroxyl groups is 1. The van der Waals surface area contributed by atoms with Crippen LogP contribution in [0, 0.1) is 5.92 Å². The first-order valence-electron chi connectivity index (χ1n) is 6.44. The maximum absolute atomic E-state index is 12.2. The molecule has 0 aromatic heterocycles. The Labute approximate surface area is 116 Å². The third-order valence-corrected chi connectivity index (χ3v) is 3.40. The topological polar surface area (TPSA) is 49.8 Å². The van der Waals surface area contributed by atoms with Gasteiger partial charge in [0.2, 0.25) is 0 Å². The Hall–Kier alpha value is -1.69. The standard InChI is InChI=1S/C14H17F2NO3/c1-17(8-9-5-11(18)6-9)13(19)10-3-2-4-12(7-10)20-14(15)16/h2-4,7,9,11,14,18H,5-6,8H2,1H3. The maximum atomic E-state index is 12.2. The lowest BCUT2D eigenvalue weighted by Gasteiger charge is -2.34. The lowest BCUT2D eigenvalue weighted by Crippen LogP contribution is -2.39. The molecule has 1 aliphatic rings. The van der Waals surface area contributed by atoms with Crippen molar-refractivity contribution in [3.63, 3.8) is 0 Å². The van der Waals surface area contributed by atoms with Gasteiger partial charge in [-0.15, -0.1) is 0 Å². The zero-order valence-corrected chi connectivity index (χ0v) is 11.1. The molecule has 1 saturated carbocycles. The van der Waals surface area contributed by atoms with Gasteiger partial charge in [0.25, 0.3) is 5.91 Å². The van der Waals surface area contributed by atoms with Gasteiger partial charge in [0.15, 0.2) is 0 Å². The maximum Gasteiger partial charge on any atom is 0.387 e. The molecule has 0 saturated heterocycles. The molecule has 4 nitrogen and oxygen atoms in total. The Kier molecular flexibility index (Phi) is 4.54. The summed E-state index contributed by atoms with van der Waals surface area (Å²) in [7, 11) is 1.66. The van der Waals surface area contributed by atoms with Crippen molar-refractivity contribution in [1.82, 2.24) is 4.90 Å². The van der Waals surface area contributed by atoms with Crippen molar-refractivity contribution in [2.45, 2.75) is 25.6 Å². The van der Waals surface area contributed by atoms with Crippen molar-refractivity contribution in [2.75, 3.05) is 13.6 Å². The number of alkyl halides is 2. The van der Waals surface area contributed by atoms with Gasteiger partial charge in [-0.3, -0.25) is 4.79 Å². The first-order valence-corrected chi connectivity index (χ1v) is 6.44. The predicted octanol–water partition coefficient (Wildman–Crippen LogP) is 2.13. The molecule has 110 valence electrons. The number of hydrogen-bond acceptors (Lipinski definition) is 3. The predicted molar refractivity (Wildman–Crippen MR) is 68.8 cm³/mol. The SMILES string of the molecule is CN(CC1CC(O)C1)C(=O)c1cccc(OC(F)F)c1. The Bertz CT molecular complexity index is 475. The monoisotopic (exact) mass is 285 g/mol. The molecule has 0 heterocycles. The Morgan fingerprint density at radius 3 is 2.80 bits per heavy atom. The van der Waals surface area contributed by atoms with Crippen LogP contribution in [-0.2, 0) is 0 Å². The second-order valence-corrected chi connectivity index (χ2v) is 5.08. The van der Waals surface area contributed by atoms with E-state index in [9.17, 15) is 18.7 Å². The van der Waals surface area contributed by atoms with Crippen LogP contribution in [-0.4, -0.2) is 42.2 Å². The molecule has 1 fully saturated rings. The summed E-state index contributed by atoms with van der Waals surface area (Å²) in [6.45, 7) is -2.36. The van der Waals surface area contributed by atoms with E-state index in [2.05, 4.69) is 4.74 Å². The molecular formula is C14H17F2NO3. The molecule has 1 N–H and O–H groups in total. The van der Waals surface area contributed by atoms with Crippen molar-refractivity contribution in [2.24, 2.45) is 5.92 Å². The smallest absolute Gasteiger partial charge is 0.387 e. The van der Waals surface area contributed by atoms with E-state index >= 15 is 0 Å². The van der Waals surface area contributed by atoms with Crippen LogP contribution in [0.4, 0.5) is 8.78 Å². The summed E-state index contributed by atoms with van der Waals surface area (Å²) in [4.78, 5) is 13.7. The van der Waals surface area contributed by atoms with Crippen molar-refractivity contribution >= 4 is 5.91 Å². The summed E-state index contributed by atoms with van der Waals surface area (Å²) in [6.07, 6.45) is 1.14. The van der Waals surface area contributed by atoms with E-state index in [1.54, 1.807) is 13.1 Å². The van der Waals surface area contributed by atoms with Crippen molar-refractivity contribution < 1.29 is 23.4 Å². The van der Waals surface area contributed by atoms with Crippen LogP contribution in [0.25, 0.3) is 0 Å². The number of amides is 1. The van der Waals surface area contributed by atoms with E-state index in [4.69, 9.17) is 0 Å². The van der Waals surface area contributed by atoms with E-state index in [1.807, 2.05) is 0 Å². The van der Waals surface area contributed by atoms with Crippen molar-refractivity contribution in [1.29, 1.82) is 0 Å². The molecule has 2 rings (SSSR count). The third-order valence-electron chi connectivity index (χ3n) is 3.40. The fourth-order valence-corrected chi connectivity index (χ4v) is 2.35. The lowest BCUT2D eigenvalue weighted by molar-refractivity contribution is -0.0499. The normalized spacial score (nSPS) is 21.4. The number of carbonyl (C=O) groups excluding carboxylic acids is 1. The Morgan fingerprint density at radius 2 is 2.20 bits per heavy atom. The molecule has 0 aliphatic heterocycles. The molecule has 0 atom stereocenters. The first-order chi connectivity index (χ1) is 9.45. The van der Waals surface area contributed by atoms with Crippen LogP contribution < -0.4 is 4.74 Å². The van der Waals surface area contributed by atoms with Crippen LogP contribution in [0.1, 0.15) is 23.2 Å². The number of nitrogens with zero attached hydrogens (tertiary/aromatic N) is 1. The highest BCUT2D eigenvalue weighted by molar-refractivity contribution is 5.94. The van der Waals surface area contributed by atoms with Gasteiger partial charge in [-0.2, -0.15) is 8.78 Å². The molecule has 1 aromatic carbocycles. The number of ether oxygens (including phenoxy) is 1. The van der Waals surface area contributed by atoms with Gasteiger partial charge < -0.3 is 14.7 Å². The molecule has 1 aromatic rings. The van der Waals surface area contributed by atoms with Gasteiger partial charge in [0.05, 0.1) is 6.10 Å². The summed E-state index contributed by atoms with van der Waals surface area (Å²) in [6, 6.07) is 5.75. The van der Waals surface area contributed by atoms with Crippen molar-refractivity contribution in [3.05, 3.63) is 29.8 Å².